The summed E-state index contributed by atoms with van der Waals surface area (Å²) >= 11 is 0. The minimum absolute atomic E-state index is 0.107. The monoisotopic (exact) mass is 329 g/mol. The highest BCUT2D eigenvalue weighted by Crippen LogP contribution is 2.54. The molecule has 2 bridgehead atoms. The van der Waals surface area contributed by atoms with Crippen LogP contribution >= 0.6 is 0 Å². The minimum Gasteiger partial charge on any atom is -0.459 e. The molecule has 1 aliphatic carbocycles. The Hall–Kier alpha value is -2.04. The molecule has 2 saturated heterocycles. The van der Waals surface area contributed by atoms with Gasteiger partial charge in [-0.2, -0.15) is 0 Å². The van der Waals surface area contributed by atoms with E-state index in [0.29, 0.717) is 24.0 Å². The summed E-state index contributed by atoms with van der Waals surface area (Å²) in [7, 11) is 0. The number of esters is 1. The lowest BCUT2D eigenvalue weighted by Crippen LogP contribution is -2.50. The number of hydrogen-bond donors (Lipinski definition) is 0. The lowest BCUT2D eigenvalue weighted by molar-refractivity contribution is -0.00846. The predicted octanol–water partition coefficient (Wildman–Crippen LogP) is 3.24. The fourth-order valence-electron chi connectivity index (χ4n) is 4.74. The quantitative estimate of drug-likeness (QED) is 0.799. The van der Waals surface area contributed by atoms with Crippen LogP contribution < -0.4 is 0 Å². The van der Waals surface area contributed by atoms with E-state index in [9.17, 15) is 9.59 Å². The third kappa shape index (κ3) is 2.46. The van der Waals surface area contributed by atoms with E-state index in [1.165, 1.54) is 12.8 Å². The zero-order valence-corrected chi connectivity index (χ0v) is 13.9. The summed E-state index contributed by atoms with van der Waals surface area (Å²) in [6.07, 6.45) is 3.49. The lowest BCUT2D eigenvalue weighted by Gasteiger charge is -2.38. The Bertz CT molecular complexity index is 612. The maximum atomic E-state index is 12.3. The number of carbonyl (C=O) groups is 2. The van der Waals surface area contributed by atoms with Crippen LogP contribution in [0, 0.1) is 11.8 Å². The van der Waals surface area contributed by atoms with Crippen molar-refractivity contribution < 1.29 is 19.1 Å². The number of fused-ring (bicyclic) bond motifs is 5. The van der Waals surface area contributed by atoms with Crippen molar-refractivity contribution in [3.8, 4) is 0 Å². The highest BCUT2D eigenvalue weighted by Gasteiger charge is 2.59. The third-order valence-corrected chi connectivity index (χ3v) is 5.86. The number of hydrogen-bond acceptors (Lipinski definition) is 4. The number of piperidine rings is 1. The lowest BCUT2D eigenvalue weighted by atomic mass is 9.71. The van der Waals surface area contributed by atoms with Crippen molar-refractivity contribution in [2.45, 2.75) is 50.8 Å². The molecule has 5 nitrogen and oxygen atoms in total. The van der Waals surface area contributed by atoms with Gasteiger partial charge in [-0.05, 0) is 43.7 Å². The van der Waals surface area contributed by atoms with Crippen molar-refractivity contribution in [3.63, 3.8) is 0 Å². The summed E-state index contributed by atoms with van der Waals surface area (Å²) in [6, 6.07) is 9.42. The van der Waals surface area contributed by atoms with E-state index in [1.54, 1.807) is 12.1 Å². The van der Waals surface area contributed by atoms with Crippen LogP contribution in [0.3, 0.4) is 0 Å². The van der Waals surface area contributed by atoms with Gasteiger partial charge in [0, 0.05) is 24.9 Å². The Morgan fingerprint density at radius 2 is 1.71 bits per heavy atom. The van der Waals surface area contributed by atoms with E-state index in [2.05, 4.69) is 0 Å². The summed E-state index contributed by atoms with van der Waals surface area (Å²) in [6.45, 7) is 2.24. The second-order valence-corrected chi connectivity index (χ2v) is 7.01. The minimum atomic E-state index is -0.267. The summed E-state index contributed by atoms with van der Waals surface area (Å²) in [5.74, 6) is 0.844. The summed E-state index contributed by atoms with van der Waals surface area (Å²) in [4.78, 5) is 26.6. The molecule has 3 aliphatic rings. The molecule has 4 unspecified atom stereocenters. The average Bonchev–Trinajstić information content (AvgIpc) is 2.67. The Labute approximate surface area is 141 Å². The van der Waals surface area contributed by atoms with Crippen molar-refractivity contribution in [2.75, 3.05) is 6.61 Å². The van der Waals surface area contributed by atoms with E-state index in [-0.39, 0.29) is 30.3 Å². The molecule has 0 radical (unpaired) electrons. The van der Waals surface area contributed by atoms with Gasteiger partial charge in [-0.25, -0.2) is 9.59 Å². The molecule has 0 spiro atoms. The van der Waals surface area contributed by atoms with E-state index in [0.717, 1.165) is 12.8 Å². The van der Waals surface area contributed by atoms with E-state index in [4.69, 9.17) is 9.47 Å². The third-order valence-electron chi connectivity index (χ3n) is 5.86. The van der Waals surface area contributed by atoms with Crippen LogP contribution in [0.4, 0.5) is 4.79 Å². The predicted molar refractivity (Wildman–Crippen MR) is 87.5 cm³/mol. The van der Waals surface area contributed by atoms with Gasteiger partial charge in [0.1, 0.15) is 6.10 Å². The average molecular weight is 329 g/mol. The van der Waals surface area contributed by atoms with Gasteiger partial charge in [-0.1, -0.05) is 18.2 Å². The van der Waals surface area contributed by atoms with Gasteiger partial charge in [0.2, 0.25) is 0 Å². The Morgan fingerprint density at radius 3 is 2.25 bits per heavy atom. The molecule has 2 aliphatic heterocycles. The Kier molecular flexibility index (Phi) is 3.94. The highest BCUT2D eigenvalue weighted by molar-refractivity contribution is 5.89. The molecule has 1 aromatic carbocycles. The second kappa shape index (κ2) is 6.11. The first-order valence-electron chi connectivity index (χ1n) is 8.90. The normalized spacial score (nSPS) is 33.4. The van der Waals surface area contributed by atoms with Gasteiger partial charge >= 0.3 is 12.1 Å². The van der Waals surface area contributed by atoms with Gasteiger partial charge < -0.3 is 14.4 Å². The summed E-state index contributed by atoms with van der Waals surface area (Å²) < 4.78 is 11.0. The van der Waals surface area contributed by atoms with Crippen LogP contribution in [-0.2, 0) is 9.47 Å². The zero-order chi connectivity index (χ0) is 16.7. The molecule has 2 heterocycles. The molecule has 24 heavy (non-hydrogen) atoms. The maximum Gasteiger partial charge on any atom is 0.410 e. The van der Waals surface area contributed by atoms with Gasteiger partial charge in [-0.3, -0.25) is 0 Å². The Morgan fingerprint density at radius 1 is 1.08 bits per heavy atom. The van der Waals surface area contributed by atoms with Crippen LogP contribution in [-0.4, -0.2) is 41.8 Å². The van der Waals surface area contributed by atoms with Crippen molar-refractivity contribution >= 4 is 12.1 Å². The van der Waals surface area contributed by atoms with Gasteiger partial charge in [-0.15, -0.1) is 0 Å². The number of nitrogens with zero attached hydrogens (tertiary/aromatic N) is 1. The first kappa shape index (κ1) is 15.5. The van der Waals surface area contributed by atoms with Crippen LogP contribution in [0.25, 0.3) is 0 Å². The SMILES string of the molecule is CCOC(=O)N1C2CC(OC(=O)c3ccccc3)CC1[C@H]1CCC21. The van der Waals surface area contributed by atoms with Crippen molar-refractivity contribution in [1.82, 2.24) is 4.90 Å². The topological polar surface area (TPSA) is 55.8 Å². The van der Waals surface area contributed by atoms with E-state index < -0.39 is 0 Å². The van der Waals surface area contributed by atoms with Crippen molar-refractivity contribution in [3.05, 3.63) is 35.9 Å². The first-order valence-corrected chi connectivity index (χ1v) is 8.90. The Balaban J connectivity index is 1.46. The molecule has 1 saturated carbocycles. The van der Waals surface area contributed by atoms with Crippen LogP contribution in [0.1, 0.15) is 43.0 Å². The number of benzene rings is 1. The largest absolute Gasteiger partial charge is 0.459 e. The first-order chi connectivity index (χ1) is 11.7. The number of ether oxygens (including phenoxy) is 2. The van der Waals surface area contributed by atoms with Crippen molar-refractivity contribution in [2.24, 2.45) is 11.8 Å². The molecule has 128 valence electrons. The summed E-state index contributed by atoms with van der Waals surface area (Å²) in [5.41, 5.74) is 0.584. The van der Waals surface area contributed by atoms with E-state index >= 15 is 0 Å². The molecule has 5 heteroatoms. The number of carbonyl (C=O) groups excluding carboxylic acids is 2. The molecule has 1 amide bonds. The fourth-order valence-corrected chi connectivity index (χ4v) is 4.74. The molecule has 4 rings (SSSR count). The van der Waals surface area contributed by atoms with Gasteiger partial charge in [0.05, 0.1) is 12.2 Å². The smallest absolute Gasteiger partial charge is 0.410 e. The van der Waals surface area contributed by atoms with Gasteiger partial charge in [0.25, 0.3) is 0 Å². The molecular formula is C19H23NO4. The molecule has 3 fully saturated rings. The maximum absolute atomic E-state index is 12.3. The molecule has 1 aromatic rings. The second-order valence-electron chi connectivity index (χ2n) is 7.01. The molecule has 5 atom stereocenters. The summed E-state index contributed by atoms with van der Waals surface area (Å²) in [5, 5.41) is 0. The van der Waals surface area contributed by atoms with E-state index in [1.807, 2.05) is 30.0 Å². The van der Waals surface area contributed by atoms with Crippen LogP contribution in [0.5, 0.6) is 0 Å². The van der Waals surface area contributed by atoms with Gasteiger partial charge in [0.15, 0.2) is 0 Å². The molecule has 0 aromatic heterocycles. The highest BCUT2D eigenvalue weighted by atomic mass is 16.6. The van der Waals surface area contributed by atoms with Crippen molar-refractivity contribution in [1.29, 1.82) is 0 Å². The van der Waals surface area contributed by atoms with Crippen LogP contribution in [0.2, 0.25) is 0 Å². The molecule has 0 N–H and O–H groups in total. The van der Waals surface area contributed by atoms with Crippen LogP contribution in [0.15, 0.2) is 30.3 Å². The standard InChI is InChI=1S/C19H23NO4/c1-2-23-19(22)20-16-10-13(11-17(20)15-9-8-14(15)16)24-18(21)12-6-4-3-5-7-12/h3-7,13-17H,2,8-11H2,1H3/t13?,14-,15?,16?,17?/m0/s1. The fraction of sp³-hybridized carbons (Fsp3) is 0.579. The molecular weight excluding hydrogens is 306 g/mol. The number of amides is 1. The number of rotatable bonds is 3. The zero-order valence-electron chi connectivity index (χ0n) is 13.9.